The van der Waals surface area contributed by atoms with Gasteiger partial charge >= 0.3 is 6.03 Å². The molecule has 0 spiro atoms. The van der Waals surface area contributed by atoms with E-state index in [9.17, 15) is 13.2 Å². The molecule has 0 heterocycles. The number of carbonyl (C=O) groups excluding carboxylic acids is 1. The van der Waals surface area contributed by atoms with Crippen molar-refractivity contribution in [3.05, 3.63) is 29.8 Å². The van der Waals surface area contributed by atoms with Gasteiger partial charge in [-0.3, -0.25) is 4.55 Å². The Bertz CT molecular complexity index is 540. The van der Waals surface area contributed by atoms with E-state index in [2.05, 4.69) is 19.2 Å². The van der Waals surface area contributed by atoms with Gasteiger partial charge in [0.15, 0.2) is 0 Å². The van der Waals surface area contributed by atoms with Crippen LogP contribution in [0.3, 0.4) is 0 Å². The van der Waals surface area contributed by atoms with Crippen LogP contribution >= 0.6 is 0 Å². The summed E-state index contributed by atoms with van der Waals surface area (Å²) in [5.41, 5.74) is 1.66. The van der Waals surface area contributed by atoms with Gasteiger partial charge in [-0.05, 0) is 30.0 Å². The Kier molecular flexibility index (Phi) is 5.31. The van der Waals surface area contributed by atoms with Crippen molar-refractivity contribution in [3.8, 4) is 0 Å². The quantitative estimate of drug-likeness (QED) is 0.720. The molecule has 3 N–H and O–H groups in total. The first-order valence-corrected chi connectivity index (χ1v) is 7.46. The van der Waals surface area contributed by atoms with Crippen molar-refractivity contribution in [2.24, 2.45) is 5.92 Å². The van der Waals surface area contributed by atoms with Gasteiger partial charge in [0, 0.05) is 5.69 Å². The molecule has 0 saturated heterocycles. The second kappa shape index (κ2) is 6.53. The predicted molar refractivity (Wildman–Crippen MR) is 73.6 cm³/mol. The number of anilines is 1. The van der Waals surface area contributed by atoms with Crippen LogP contribution in [0, 0.1) is 5.92 Å². The molecule has 0 fully saturated rings. The highest BCUT2D eigenvalue weighted by Crippen LogP contribution is 2.14. The van der Waals surface area contributed by atoms with Crippen molar-refractivity contribution in [2.75, 3.05) is 11.2 Å². The molecular formula is C12H18N2O4S. The van der Waals surface area contributed by atoms with Crippen LogP contribution in [0.2, 0.25) is 0 Å². The largest absolute Gasteiger partial charge is 0.321 e. The van der Waals surface area contributed by atoms with E-state index in [0.717, 1.165) is 12.0 Å². The lowest BCUT2D eigenvalue weighted by atomic mass is 10.0. The Labute approximate surface area is 113 Å². The number of benzene rings is 1. The first-order valence-electron chi connectivity index (χ1n) is 5.85. The topological polar surface area (TPSA) is 95.5 Å². The molecule has 0 saturated carbocycles. The summed E-state index contributed by atoms with van der Waals surface area (Å²) in [5, 5.41) is 4.55. The zero-order valence-electron chi connectivity index (χ0n) is 10.9. The summed E-state index contributed by atoms with van der Waals surface area (Å²) < 4.78 is 29.5. The highest BCUT2D eigenvalue weighted by atomic mass is 32.2. The van der Waals surface area contributed by atoms with E-state index in [-0.39, 0.29) is 0 Å². The molecule has 19 heavy (non-hydrogen) atoms. The Morgan fingerprint density at radius 1 is 1.37 bits per heavy atom. The lowest BCUT2D eigenvalue weighted by Gasteiger charge is -2.09. The molecule has 2 amide bonds. The second-order valence-corrected chi connectivity index (χ2v) is 6.11. The number of hydrogen-bond donors (Lipinski definition) is 3. The summed E-state index contributed by atoms with van der Waals surface area (Å²) in [5.74, 6) is -0.312. The molecule has 1 aromatic carbocycles. The minimum atomic E-state index is -4.21. The molecular weight excluding hydrogens is 268 g/mol. The van der Waals surface area contributed by atoms with E-state index in [1.165, 1.54) is 0 Å². The third-order valence-electron chi connectivity index (χ3n) is 2.24. The number of rotatable bonds is 5. The molecule has 0 aliphatic rings. The molecule has 1 rings (SSSR count). The van der Waals surface area contributed by atoms with Gasteiger partial charge < -0.3 is 10.6 Å². The van der Waals surface area contributed by atoms with Crippen molar-refractivity contribution in [2.45, 2.75) is 20.3 Å². The minimum Gasteiger partial charge on any atom is -0.321 e. The van der Waals surface area contributed by atoms with Crippen LogP contribution in [0.4, 0.5) is 10.5 Å². The van der Waals surface area contributed by atoms with Gasteiger partial charge in [0.1, 0.15) is 5.88 Å². The van der Waals surface area contributed by atoms with E-state index in [0.29, 0.717) is 11.6 Å². The van der Waals surface area contributed by atoms with Crippen LogP contribution in [-0.2, 0) is 16.5 Å². The fourth-order valence-electron chi connectivity index (χ4n) is 1.58. The Morgan fingerprint density at radius 2 is 2.05 bits per heavy atom. The summed E-state index contributed by atoms with van der Waals surface area (Å²) in [6, 6.07) is 6.63. The Balaban J connectivity index is 2.59. The number of nitrogens with one attached hydrogen (secondary N) is 2. The molecule has 0 bridgehead atoms. The van der Waals surface area contributed by atoms with Crippen molar-refractivity contribution in [1.29, 1.82) is 0 Å². The normalized spacial score (nSPS) is 11.4. The number of carbonyl (C=O) groups is 1. The van der Waals surface area contributed by atoms with Crippen LogP contribution in [0.15, 0.2) is 24.3 Å². The van der Waals surface area contributed by atoms with Gasteiger partial charge in [0.05, 0.1) is 0 Å². The zero-order valence-corrected chi connectivity index (χ0v) is 11.7. The molecule has 0 aliphatic heterocycles. The van der Waals surface area contributed by atoms with Crippen molar-refractivity contribution >= 4 is 21.8 Å². The van der Waals surface area contributed by atoms with Crippen LogP contribution in [0.5, 0.6) is 0 Å². The fraction of sp³-hybridized carbons (Fsp3) is 0.417. The molecule has 7 heteroatoms. The van der Waals surface area contributed by atoms with Crippen LogP contribution in [0.1, 0.15) is 19.4 Å². The molecule has 1 aromatic rings. The van der Waals surface area contributed by atoms with E-state index < -0.39 is 22.0 Å². The summed E-state index contributed by atoms with van der Waals surface area (Å²) in [6.45, 7) is 4.19. The molecule has 0 atom stereocenters. The number of amides is 2. The first-order chi connectivity index (χ1) is 8.76. The fourth-order valence-corrected chi connectivity index (χ4v) is 1.89. The lowest BCUT2D eigenvalue weighted by molar-refractivity contribution is 0.253. The maximum atomic E-state index is 11.4. The lowest BCUT2D eigenvalue weighted by Crippen LogP contribution is -2.33. The Hall–Kier alpha value is -1.60. The molecule has 106 valence electrons. The predicted octanol–water partition coefficient (Wildman–Crippen LogP) is 1.85. The van der Waals surface area contributed by atoms with Crippen molar-refractivity contribution < 1.29 is 17.8 Å². The summed E-state index contributed by atoms with van der Waals surface area (Å²) in [4.78, 5) is 11.4. The molecule has 0 radical (unpaired) electrons. The average Bonchev–Trinajstić information content (AvgIpc) is 2.25. The van der Waals surface area contributed by atoms with Crippen molar-refractivity contribution in [1.82, 2.24) is 5.32 Å². The Morgan fingerprint density at radius 3 is 2.63 bits per heavy atom. The van der Waals surface area contributed by atoms with Gasteiger partial charge in [-0.15, -0.1) is 0 Å². The average molecular weight is 286 g/mol. The van der Waals surface area contributed by atoms with Crippen molar-refractivity contribution in [3.63, 3.8) is 0 Å². The van der Waals surface area contributed by atoms with E-state index in [1.54, 1.807) is 6.07 Å². The SMILES string of the molecule is CC(C)Cc1cccc(NC(=O)NCS(=O)(=O)O)c1. The van der Waals surface area contributed by atoms with Crippen LogP contribution < -0.4 is 10.6 Å². The van der Waals surface area contributed by atoms with Crippen LogP contribution in [-0.4, -0.2) is 24.9 Å². The van der Waals surface area contributed by atoms with E-state index >= 15 is 0 Å². The van der Waals surface area contributed by atoms with E-state index in [4.69, 9.17) is 4.55 Å². The number of hydrogen-bond acceptors (Lipinski definition) is 3. The highest BCUT2D eigenvalue weighted by molar-refractivity contribution is 7.85. The zero-order chi connectivity index (χ0) is 14.5. The van der Waals surface area contributed by atoms with Crippen LogP contribution in [0.25, 0.3) is 0 Å². The number of urea groups is 1. The van der Waals surface area contributed by atoms with Gasteiger partial charge in [-0.2, -0.15) is 8.42 Å². The third kappa shape index (κ3) is 6.78. The minimum absolute atomic E-state index is 0.503. The second-order valence-electron chi connectivity index (χ2n) is 4.66. The maximum Gasteiger partial charge on any atom is 0.320 e. The van der Waals surface area contributed by atoms with Gasteiger partial charge in [0.25, 0.3) is 10.1 Å². The van der Waals surface area contributed by atoms with E-state index in [1.807, 2.05) is 23.5 Å². The van der Waals surface area contributed by atoms with Gasteiger partial charge in [-0.25, -0.2) is 4.79 Å². The maximum absolute atomic E-state index is 11.4. The molecule has 6 nitrogen and oxygen atoms in total. The van der Waals surface area contributed by atoms with Gasteiger partial charge in [-0.1, -0.05) is 26.0 Å². The summed E-state index contributed by atoms with van der Waals surface area (Å²) in [6.07, 6.45) is 0.891. The monoisotopic (exact) mass is 286 g/mol. The smallest absolute Gasteiger partial charge is 0.320 e. The standard InChI is InChI=1S/C12H18N2O4S/c1-9(2)6-10-4-3-5-11(7-10)14-12(15)13-8-19(16,17)18/h3-5,7,9H,6,8H2,1-2H3,(H2,13,14,15)(H,16,17,18). The first kappa shape index (κ1) is 15.5. The summed E-state index contributed by atoms with van der Waals surface area (Å²) >= 11 is 0. The molecule has 0 aliphatic carbocycles. The summed E-state index contributed by atoms with van der Waals surface area (Å²) in [7, 11) is -4.21. The third-order valence-corrected chi connectivity index (χ3v) is 2.75. The van der Waals surface area contributed by atoms with Gasteiger partial charge in [0.2, 0.25) is 0 Å². The molecule has 0 aromatic heterocycles. The highest BCUT2D eigenvalue weighted by Gasteiger charge is 2.08. The molecule has 0 unspecified atom stereocenters.